The Bertz CT molecular complexity index is 931. The molecule has 27 heavy (non-hydrogen) atoms. The molecule has 0 fully saturated rings. The minimum atomic E-state index is -0.625. The number of hydrogen-bond acceptors (Lipinski definition) is 5. The van der Waals surface area contributed by atoms with Crippen LogP contribution in [0.5, 0.6) is 5.75 Å². The van der Waals surface area contributed by atoms with E-state index >= 15 is 0 Å². The van der Waals surface area contributed by atoms with Crippen molar-refractivity contribution in [2.24, 2.45) is 0 Å². The van der Waals surface area contributed by atoms with E-state index in [1.165, 1.54) is 19.1 Å². The third-order valence-corrected chi connectivity index (χ3v) is 4.35. The number of rotatable bonds is 5. The number of benzene rings is 2. The number of nitrogens with one attached hydrogen (secondary N) is 1. The van der Waals surface area contributed by atoms with Gasteiger partial charge in [0.05, 0.1) is 4.92 Å². The van der Waals surface area contributed by atoms with E-state index in [0.717, 1.165) is 17.3 Å². The summed E-state index contributed by atoms with van der Waals surface area (Å²) in [6.07, 6.45) is 0.714. The van der Waals surface area contributed by atoms with Gasteiger partial charge in [-0.25, -0.2) is 0 Å². The molecule has 0 atom stereocenters. The van der Waals surface area contributed by atoms with Gasteiger partial charge in [-0.1, -0.05) is 11.6 Å². The molecule has 0 aliphatic carbocycles. The van der Waals surface area contributed by atoms with Crippen molar-refractivity contribution in [3.8, 4) is 5.75 Å². The minimum absolute atomic E-state index is 0.0245. The number of amides is 2. The van der Waals surface area contributed by atoms with E-state index in [2.05, 4.69) is 5.32 Å². The van der Waals surface area contributed by atoms with Crippen LogP contribution in [0.15, 0.2) is 36.4 Å². The third-order valence-electron chi connectivity index (χ3n) is 4.12. The van der Waals surface area contributed by atoms with Crippen LogP contribution in [0.4, 0.5) is 17.1 Å². The number of anilines is 2. The van der Waals surface area contributed by atoms with Gasteiger partial charge >= 0.3 is 5.69 Å². The van der Waals surface area contributed by atoms with Crippen LogP contribution in [0.2, 0.25) is 5.02 Å². The van der Waals surface area contributed by atoms with Crippen molar-refractivity contribution >= 4 is 40.5 Å². The number of carbonyl (C=O) groups is 2. The van der Waals surface area contributed by atoms with Gasteiger partial charge in [-0.2, -0.15) is 0 Å². The van der Waals surface area contributed by atoms with Crippen LogP contribution in [0.1, 0.15) is 12.5 Å². The highest BCUT2D eigenvalue weighted by molar-refractivity contribution is 6.30. The number of carbonyl (C=O) groups excluding carboxylic acids is 2. The lowest BCUT2D eigenvalue weighted by atomic mass is 10.1. The maximum atomic E-state index is 12.1. The van der Waals surface area contributed by atoms with Crippen molar-refractivity contribution in [3.05, 3.63) is 57.1 Å². The average Bonchev–Trinajstić information content (AvgIpc) is 3.04. The molecule has 140 valence electrons. The molecule has 0 radical (unpaired) electrons. The normalized spacial score (nSPS) is 12.4. The Morgan fingerprint density at radius 2 is 2.07 bits per heavy atom. The van der Waals surface area contributed by atoms with E-state index in [9.17, 15) is 19.7 Å². The van der Waals surface area contributed by atoms with E-state index in [-0.39, 0.29) is 29.0 Å². The van der Waals surface area contributed by atoms with Crippen LogP contribution in [-0.2, 0) is 16.0 Å². The summed E-state index contributed by atoms with van der Waals surface area (Å²) in [5.74, 6) is -0.519. The van der Waals surface area contributed by atoms with Crippen molar-refractivity contribution in [3.63, 3.8) is 0 Å². The zero-order valence-electron chi connectivity index (χ0n) is 14.4. The monoisotopic (exact) mass is 389 g/mol. The van der Waals surface area contributed by atoms with Crippen LogP contribution in [0, 0.1) is 10.1 Å². The van der Waals surface area contributed by atoms with Crippen molar-refractivity contribution < 1.29 is 19.2 Å². The summed E-state index contributed by atoms with van der Waals surface area (Å²) >= 11 is 5.74. The largest absolute Gasteiger partial charge is 0.477 e. The molecular formula is C18H16ClN3O5. The Hall–Kier alpha value is -3.13. The molecule has 1 aliphatic rings. The number of nitro groups is 1. The highest BCUT2D eigenvalue weighted by Gasteiger charge is 2.22. The van der Waals surface area contributed by atoms with Crippen molar-refractivity contribution in [2.75, 3.05) is 23.4 Å². The fourth-order valence-corrected chi connectivity index (χ4v) is 3.07. The molecule has 0 unspecified atom stereocenters. The molecule has 1 heterocycles. The molecule has 0 bridgehead atoms. The first-order valence-electron chi connectivity index (χ1n) is 8.13. The lowest BCUT2D eigenvalue weighted by molar-refractivity contribution is -0.385. The van der Waals surface area contributed by atoms with Gasteiger partial charge in [-0.15, -0.1) is 0 Å². The molecule has 0 saturated heterocycles. The van der Waals surface area contributed by atoms with Crippen LogP contribution >= 0.6 is 11.6 Å². The van der Waals surface area contributed by atoms with Crippen LogP contribution in [0.3, 0.4) is 0 Å². The Morgan fingerprint density at radius 3 is 2.78 bits per heavy atom. The molecule has 0 spiro atoms. The SMILES string of the molecule is CC(=O)N1CCc2cc(NC(=O)COc3ccc(Cl)cc3[N+](=O)[O-])ccc21. The number of nitrogens with zero attached hydrogens (tertiary/aromatic N) is 2. The van der Waals surface area contributed by atoms with E-state index in [4.69, 9.17) is 16.3 Å². The minimum Gasteiger partial charge on any atom is -0.477 e. The maximum absolute atomic E-state index is 12.1. The molecule has 8 nitrogen and oxygen atoms in total. The molecular weight excluding hydrogens is 374 g/mol. The zero-order chi connectivity index (χ0) is 19.6. The van der Waals surface area contributed by atoms with Gasteiger partial charge in [0, 0.05) is 35.9 Å². The Labute approximate surface area is 159 Å². The molecule has 2 aromatic rings. The van der Waals surface area contributed by atoms with Crippen molar-refractivity contribution in [2.45, 2.75) is 13.3 Å². The molecule has 1 aliphatic heterocycles. The lowest BCUT2D eigenvalue weighted by Crippen LogP contribution is -2.25. The van der Waals surface area contributed by atoms with Crippen LogP contribution in [0.25, 0.3) is 0 Å². The predicted octanol–water partition coefficient (Wildman–Crippen LogP) is 3.17. The Morgan fingerprint density at radius 1 is 1.30 bits per heavy atom. The number of hydrogen-bond donors (Lipinski definition) is 1. The fraction of sp³-hybridized carbons (Fsp3) is 0.222. The summed E-state index contributed by atoms with van der Waals surface area (Å²) in [7, 11) is 0. The van der Waals surface area contributed by atoms with E-state index < -0.39 is 10.8 Å². The predicted molar refractivity (Wildman–Crippen MR) is 100 cm³/mol. The number of halogens is 1. The first-order chi connectivity index (χ1) is 12.8. The lowest BCUT2D eigenvalue weighted by Gasteiger charge is -2.15. The summed E-state index contributed by atoms with van der Waals surface area (Å²) in [6.45, 7) is 1.74. The first kappa shape index (κ1) is 18.7. The number of ether oxygens (including phenoxy) is 1. The maximum Gasteiger partial charge on any atom is 0.312 e. The van der Waals surface area contributed by atoms with E-state index in [1.54, 1.807) is 23.1 Å². The second-order valence-electron chi connectivity index (χ2n) is 5.97. The van der Waals surface area contributed by atoms with E-state index in [1.807, 2.05) is 0 Å². The molecule has 2 aromatic carbocycles. The van der Waals surface area contributed by atoms with Gasteiger partial charge in [0.15, 0.2) is 12.4 Å². The van der Waals surface area contributed by atoms with Crippen molar-refractivity contribution in [1.29, 1.82) is 0 Å². The Balaban J connectivity index is 1.64. The third kappa shape index (κ3) is 4.17. The number of nitro benzene ring substituents is 1. The summed E-state index contributed by atoms with van der Waals surface area (Å²) in [5.41, 5.74) is 2.07. The quantitative estimate of drug-likeness (QED) is 0.625. The summed E-state index contributed by atoms with van der Waals surface area (Å²) in [4.78, 5) is 35.8. The van der Waals surface area contributed by atoms with Gasteiger partial charge in [0.2, 0.25) is 5.91 Å². The average molecular weight is 390 g/mol. The van der Waals surface area contributed by atoms with Gasteiger partial charge in [0.25, 0.3) is 5.91 Å². The summed E-state index contributed by atoms with van der Waals surface area (Å²) in [6, 6.07) is 9.24. The second kappa shape index (κ2) is 7.63. The zero-order valence-corrected chi connectivity index (χ0v) is 15.2. The highest BCUT2D eigenvalue weighted by Crippen LogP contribution is 2.31. The fourth-order valence-electron chi connectivity index (χ4n) is 2.90. The first-order valence-corrected chi connectivity index (χ1v) is 8.50. The topological polar surface area (TPSA) is 102 Å². The van der Waals surface area contributed by atoms with Crippen LogP contribution < -0.4 is 15.0 Å². The van der Waals surface area contributed by atoms with Crippen molar-refractivity contribution in [1.82, 2.24) is 0 Å². The molecule has 2 amide bonds. The molecule has 0 saturated carbocycles. The van der Waals surface area contributed by atoms with Gasteiger partial charge in [-0.05, 0) is 42.3 Å². The standard InChI is InChI=1S/C18H16ClN3O5/c1-11(23)21-7-6-12-8-14(3-4-15(12)21)20-18(24)10-27-17-5-2-13(19)9-16(17)22(25)26/h2-5,8-9H,6-7,10H2,1H3,(H,20,24). The molecule has 9 heteroatoms. The summed E-state index contributed by atoms with van der Waals surface area (Å²) in [5, 5.41) is 13.9. The van der Waals surface area contributed by atoms with Gasteiger partial charge < -0.3 is 15.0 Å². The molecule has 1 N–H and O–H groups in total. The highest BCUT2D eigenvalue weighted by atomic mass is 35.5. The second-order valence-corrected chi connectivity index (χ2v) is 6.41. The van der Waals surface area contributed by atoms with E-state index in [0.29, 0.717) is 18.7 Å². The smallest absolute Gasteiger partial charge is 0.312 e. The number of fused-ring (bicyclic) bond motifs is 1. The van der Waals surface area contributed by atoms with Gasteiger partial charge in [-0.3, -0.25) is 19.7 Å². The van der Waals surface area contributed by atoms with Gasteiger partial charge in [0.1, 0.15) is 0 Å². The van der Waals surface area contributed by atoms with Crippen LogP contribution in [-0.4, -0.2) is 29.9 Å². The molecule has 3 rings (SSSR count). The summed E-state index contributed by atoms with van der Waals surface area (Å²) < 4.78 is 5.26. The molecule has 0 aromatic heterocycles. The Kier molecular flexibility index (Phi) is 5.27.